The average molecular weight is 368 g/mol. The first-order valence-electron chi connectivity index (χ1n) is 9.28. The molecule has 0 spiro atoms. The Bertz CT molecular complexity index is 748. The fourth-order valence-electron chi connectivity index (χ4n) is 2.75. The van der Waals surface area contributed by atoms with Crippen LogP contribution in [0.3, 0.4) is 0 Å². The highest BCUT2D eigenvalue weighted by Gasteiger charge is 2.10. The third kappa shape index (κ3) is 7.41. The lowest BCUT2D eigenvalue weighted by Crippen LogP contribution is -2.15. The van der Waals surface area contributed by atoms with Crippen molar-refractivity contribution in [1.82, 2.24) is 0 Å². The molecule has 0 saturated heterocycles. The molecule has 2 aromatic rings. The number of rotatable bonds is 10. The van der Waals surface area contributed by atoms with Crippen LogP contribution in [-0.2, 0) is 11.3 Å². The number of aliphatic hydroxyl groups is 2. The van der Waals surface area contributed by atoms with Crippen molar-refractivity contribution in [3.05, 3.63) is 83.1 Å². The summed E-state index contributed by atoms with van der Waals surface area (Å²) < 4.78 is 5.57. The van der Waals surface area contributed by atoms with Crippen LogP contribution < -0.4 is 0 Å². The van der Waals surface area contributed by atoms with Gasteiger partial charge in [0, 0.05) is 18.4 Å². The Morgan fingerprint density at radius 1 is 1.07 bits per heavy atom. The minimum absolute atomic E-state index is 0.0871. The molecule has 0 aliphatic rings. The maximum atomic E-state index is 10.2. The molecule has 0 aromatic heterocycles. The number of hydrogen-bond donors (Lipinski definition) is 3. The summed E-state index contributed by atoms with van der Waals surface area (Å²) in [4.78, 5) is 0. The fourth-order valence-corrected chi connectivity index (χ4v) is 2.75. The molecule has 2 atom stereocenters. The summed E-state index contributed by atoms with van der Waals surface area (Å²) >= 11 is 0. The van der Waals surface area contributed by atoms with Gasteiger partial charge in [-0.25, -0.2) is 0 Å². The van der Waals surface area contributed by atoms with Gasteiger partial charge in [0.1, 0.15) is 5.75 Å². The van der Waals surface area contributed by atoms with E-state index in [-0.39, 0.29) is 12.4 Å². The molecule has 0 bridgehead atoms. The van der Waals surface area contributed by atoms with E-state index in [1.807, 2.05) is 37.3 Å². The molecule has 4 heteroatoms. The Balaban J connectivity index is 1.82. The van der Waals surface area contributed by atoms with E-state index in [1.54, 1.807) is 30.3 Å². The van der Waals surface area contributed by atoms with Crippen LogP contribution in [0, 0.1) is 0 Å². The van der Waals surface area contributed by atoms with Crippen molar-refractivity contribution in [1.29, 1.82) is 0 Å². The molecule has 2 rings (SSSR count). The second-order valence-electron chi connectivity index (χ2n) is 6.47. The van der Waals surface area contributed by atoms with Crippen LogP contribution in [0.1, 0.15) is 43.4 Å². The van der Waals surface area contributed by atoms with E-state index >= 15 is 0 Å². The van der Waals surface area contributed by atoms with Crippen LogP contribution >= 0.6 is 0 Å². The number of ether oxygens (including phenoxy) is 1. The highest BCUT2D eigenvalue weighted by Crippen LogP contribution is 2.25. The van der Waals surface area contributed by atoms with Crippen LogP contribution in [-0.4, -0.2) is 28.0 Å². The number of hydrogen-bond acceptors (Lipinski definition) is 4. The van der Waals surface area contributed by atoms with Crippen molar-refractivity contribution < 1.29 is 20.1 Å². The van der Waals surface area contributed by atoms with Crippen LogP contribution in [0.5, 0.6) is 5.75 Å². The molecule has 27 heavy (non-hydrogen) atoms. The van der Waals surface area contributed by atoms with Crippen molar-refractivity contribution in [2.45, 2.75) is 45.0 Å². The molecule has 3 N–H and O–H groups in total. The Hall–Kier alpha value is -2.36. The average Bonchev–Trinajstić information content (AvgIpc) is 2.68. The second kappa shape index (κ2) is 11.4. The summed E-state index contributed by atoms with van der Waals surface area (Å²) in [5.41, 5.74) is 5.71. The first-order valence-corrected chi connectivity index (χ1v) is 9.28. The number of phenols is 1. The van der Waals surface area contributed by atoms with Crippen LogP contribution in [0.2, 0.25) is 0 Å². The summed E-state index contributed by atoms with van der Waals surface area (Å²) in [5.74, 6) is 0.0871. The molecule has 0 amide bonds. The van der Waals surface area contributed by atoms with Crippen molar-refractivity contribution in [2.75, 3.05) is 6.61 Å². The van der Waals surface area contributed by atoms with Gasteiger partial charge in [-0.3, -0.25) is 0 Å². The molecule has 0 heterocycles. The lowest BCUT2D eigenvalue weighted by Gasteiger charge is -2.12. The Morgan fingerprint density at radius 3 is 2.48 bits per heavy atom. The minimum atomic E-state index is -0.782. The van der Waals surface area contributed by atoms with Crippen LogP contribution in [0.15, 0.2) is 72.0 Å². The number of para-hydroxylation sites is 1. The number of aromatic hydroxyl groups is 1. The van der Waals surface area contributed by atoms with Gasteiger partial charge in [-0.15, -0.1) is 5.73 Å². The highest BCUT2D eigenvalue weighted by molar-refractivity contribution is 5.33. The van der Waals surface area contributed by atoms with E-state index in [2.05, 4.69) is 5.73 Å². The molecule has 0 saturated carbocycles. The molecule has 2 aromatic carbocycles. The van der Waals surface area contributed by atoms with Gasteiger partial charge in [-0.2, -0.15) is 0 Å². The van der Waals surface area contributed by atoms with Gasteiger partial charge in [-0.1, -0.05) is 55.5 Å². The van der Waals surface area contributed by atoms with Crippen LogP contribution in [0.25, 0.3) is 0 Å². The first-order chi connectivity index (χ1) is 13.1. The lowest BCUT2D eigenvalue weighted by atomic mass is 10.0. The second-order valence-corrected chi connectivity index (χ2v) is 6.47. The van der Waals surface area contributed by atoms with E-state index in [0.717, 1.165) is 17.6 Å². The predicted octanol–water partition coefficient (Wildman–Crippen LogP) is 4.28. The summed E-state index contributed by atoms with van der Waals surface area (Å²) in [7, 11) is 0. The van der Waals surface area contributed by atoms with Gasteiger partial charge in [0.2, 0.25) is 0 Å². The smallest absolute Gasteiger partial charge is 0.121 e. The first kappa shape index (κ1) is 20.9. The summed E-state index contributed by atoms with van der Waals surface area (Å²) in [6, 6.07) is 16.6. The Labute approximate surface area is 161 Å². The molecule has 0 aliphatic carbocycles. The largest absolute Gasteiger partial charge is 0.508 e. The molecular weight excluding hydrogens is 340 g/mol. The molecule has 0 aliphatic heterocycles. The zero-order valence-corrected chi connectivity index (χ0v) is 15.7. The molecule has 0 radical (unpaired) electrons. The number of aliphatic hydroxyl groups excluding tert-OH is 2. The van der Waals surface area contributed by atoms with Crippen molar-refractivity contribution in [2.24, 2.45) is 0 Å². The standard InChI is InChI=1S/C23H28O4/c1-2-18(11-8-14-23(26)21-12-6-7-13-22(21)25)15-20(24)17-27-16-19-9-4-3-5-10-19/h3-10,12-13,20,23-26H,2,14-17H2,1H3/t11?,20-,23-/m1/s1. The van der Waals surface area contributed by atoms with Crippen molar-refractivity contribution in [3.8, 4) is 5.75 Å². The molecule has 0 fully saturated rings. The van der Waals surface area contributed by atoms with E-state index in [0.29, 0.717) is 25.0 Å². The predicted molar refractivity (Wildman–Crippen MR) is 106 cm³/mol. The van der Waals surface area contributed by atoms with Gasteiger partial charge >= 0.3 is 0 Å². The van der Waals surface area contributed by atoms with Gasteiger partial charge in [-0.05, 0) is 29.7 Å². The molecule has 0 unspecified atom stereocenters. The fraction of sp³-hybridized carbons (Fsp3) is 0.348. The Kier molecular flexibility index (Phi) is 8.82. The quantitative estimate of drug-likeness (QED) is 0.548. The number of phenolic OH excluding ortho intramolecular Hbond substituents is 1. The molecular formula is C23H28O4. The third-order valence-electron chi connectivity index (χ3n) is 4.27. The normalized spacial score (nSPS) is 12.9. The lowest BCUT2D eigenvalue weighted by molar-refractivity contribution is 0.0286. The van der Waals surface area contributed by atoms with Crippen molar-refractivity contribution >= 4 is 0 Å². The topological polar surface area (TPSA) is 69.9 Å². The van der Waals surface area contributed by atoms with Gasteiger partial charge < -0.3 is 20.1 Å². The minimum Gasteiger partial charge on any atom is -0.508 e. The zero-order chi connectivity index (χ0) is 19.5. The monoisotopic (exact) mass is 368 g/mol. The van der Waals surface area contributed by atoms with Gasteiger partial charge in [0.05, 0.1) is 25.4 Å². The maximum absolute atomic E-state index is 10.2. The highest BCUT2D eigenvalue weighted by atomic mass is 16.5. The maximum Gasteiger partial charge on any atom is 0.121 e. The SMILES string of the molecule is CCC(=C=CC[C@@H](O)c1ccccc1O)C[C@@H](O)COCc1ccccc1. The van der Waals surface area contributed by atoms with Gasteiger partial charge in [0.25, 0.3) is 0 Å². The summed E-state index contributed by atoms with van der Waals surface area (Å²) in [6.07, 6.45) is 1.98. The zero-order valence-electron chi connectivity index (χ0n) is 15.7. The third-order valence-corrected chi connectivity index (χ3v) is 4.27. The van der Waals surface area contributed by atoms with E-state index in [9.17, 15) is 15.3 Å². The van der Waals surface area contributed by atoms with E-state index in [1.165, 1.54) is 0 Å². The van der Waals surface area contributed by atoms with E-state index in [4.69, 9.17) is 4.74 Å². The van der Waals surface area contributed by atoms with Gasteiger partial charge in [0.15, 0.2) is 0 Å². The molecule has 144 valence electrons. The summed E-state index contributed by atoms with van der Waals surface area (Å²) in [6.45, 7) is 2.75. The number of benzene rings is 2. The summed E-state index contributed by atoms with van der Waals surface area (Å²) in [5, 5.41) is 30.1. The van der Waals surface area contributed by atoms with Crippen LogP contribution in [0.4, 0.5) is 0 Å². The Morgan fingerprint density at radius 2 is 1.78 bits per heavy atom. The van der Waals surface area contributed by atoms with Crippen molar-refractivity contribution in [3.63, 3.8) is 0 Å². The molecule has 4 nitrogen and oxygen atoms in total. The van der Waals surface area contributed by atoms with E-state index < -0.39 is 12.2 Å².